The van der Waals surface area contributed by atoms with Crippen LogP contribution in [0.1, 0.15) is 0 Å². The van der Waals surface area contributed by atoms with E-state index < -0.39 is 5.91 Å². The summed E-state index contributed by atoms with van der Waals surface area (Å²) < 4.78 is 1.76. The highest BCUT2D eigenvalue weighted by atomic mass is 79.9. The number of carbonyl (C=O) groups is 1. The van der Waals surface area contributed by atoms with Gasteiger partial charge in [-0.2, -0.15) is 0 Å². The Balaban J connectivity index is 2.94. The SMILES string of the molecule is NNC(=O)Cn1c(Br)nc(Cl)c1Cl. The van der Waals surface area contributed by atoms with Crippen molar-refractivity contribution in [1.82, 2.24) is 15.0 Å². The third kappa shape index (κ3) is 2.34. The van der Waals surface area contributed by atoms with Gasteiger partial charge in [-0.25, -0.2) is 10.8 Å². The predicted molar refractivity (Wildman–Crippen MR) is 52.3 cm³/mol. The minimum Gasteiger partial charge on any atom is -0.299 e. The van der Waals surface area contributed by atoms with E-state index in [1.807, 2.05) is 5.43 Å². The number of halogens is 3. The number of nitrogens with zero attached hydrogens (tertiary/aromatic N) is 2. The Morgan fingerprint density at radius 1 is 1.69 bits per heavy atom. The summed E-state index contributed by atoms with van der Waals surface area (Å²) >= 11 is 14.4. The van der Waals surface area contributed by atoms with E-state index in [9.17, 15) is 4.79 Å². The number of carbonyl (C=O) groups excluding carboxylic acids is 1. The van der Waals surface area contributed by atoms with Gasteiger partial charge in [-0.15, -0.1) is 0 Å². The number of nitrogens with one attached hydrogen (secondary N) is 1. The van der Waals surface area contributed by atoms with Crippen LogP contribution >= 0.6 is 39.1 Å². The van der Waals surface area contributed by atoms with Gasteiger partial charge in [0.25, 0.3) is 5.91 Å². The van der Waals surface area contributed by atoms with Gasteiger partial charge in [-0.3, -0.25) is 14.8 Å². The summed E-state index contributed by atoms with van der Waals surface area (Å²) in [7, 11) is 0. The fourth-order valence-electron chi connectivity index (χ4n) is 0.704. The number of aromatic nitrogens is 2. The molecule has 0 aliphatic carbocycles. The molecule has 3 N–H and O–H groups in total. The van der Waals surface area contributed by atoms with E-state index in [0.717, 1.165) is 0 Å². The molecule has 0 aliphatic rings. The highest BCUT2D eigenvalue weighted by Gasteiger charge is 2.13. The zero-order chi connectivity index (χ0) is 10.0. The van der Waals surface area contributed by atoms with Crippen molar-refractivity contribution in [3.05, 3.63) is 15.0 Å². The summed E-state index contributed by atoms with van der Waals surface area (Å²) in [6, 6.07) is 0. The van der Waals surface area contributed by atoms with Crippen molar-refractivity contribution < 1.29 is 4.79 Å². The van der Waals surface area contributed by atoms with Gasteiger partial charge in [-0.1, -0.05) is 23.2 Å². The Morgan fingerprint density at radius 3 is 2.69 bits per heavy atom. The fourth-order valence-corrected chi connectivity index (χ4v) is 1.75. The Bertz CT molecular complexity index is 340. The van der Waals surface area contributed by atoms with Crippen molar-refractivity contribution in [3.63, 3.8) is 0 Å². The van der Waals surface area contributed by atoms with Gasteiger partial charge < -0.3 is 0 Å². The Hall–Kier alpha value is -0.300. The molecular weight excluding hydrogens is 283 g/mol. The monoisotopic (exact) mass is 286 g/mol. The highest BCUT2D eigenvalue weighted by Crippen LogP contribution is 2.25. The maximum absolute atomic E-state index is 10.9. The number of rotatable bonds is 2. The molecule has 13 heavy (non-hydrogen) atoms. The van der Waals surface area contributed by atoms with E-state index in [0.29, 0.717) is 4.73 Å². The summed E-state index contributed by atoms with van der Waals surface area (Å²) in [5.74, 6) is 4.51. The molecule has 0 saturated carbocycles. The van der Waals surface area contributed by atoms with Crippen molar-refractivity contribution in [2.75, 3.05) is 0 Å². The molecule has 1 aromatic rings. The van der Waals surface area contributed by atoms with E-state index in [4.69, 9.17) is 29.0 Å². The molecule has 0 aliphatic heterocycles. The van der Waals surface area contributed by atoms with Crippen molar-refractivity contribution in [1.29, 1.82) is 0 Å². The van der Waals surface area contributed by atoms with E-state index >= 15 is 0 Å². The van der Waals surface area contributed by atoms with Crippen molar-refractivity contribution in [2.45, 2.75) is 6.54 Å². The van der Waals surface area contributed by atoms with Crippen LogP contribution < -0.4 is 11.3 Å². The third-order valence-corrected chi connectivity index (χ3v) is 2.63. The average Bonchev–Trinajstić information content (AvgIpc) is 2.32. The smallest absolute Gasteiger partial charge is 0.253 e. The van der Waals surface area contributed by atoms with Crippen molar-refractivity contribution >= 4 is 45.0 Å². The fraction of sp³-hybridized carbons (Fsp3) is 0.200. The summed E-state index contributed by atoms with van der Waals surface area (Å²) in [6.07, 6.45) is 0. The van der Waals surface area contributed by atoms with Crippen LogP contribution in [-0.2, 0) is 11.3 Å². The summed E-state index contributed by atoms with van der Waals surface area (Å²) in [5, 5.41) is 0.329. The molecule has 0 saturated heterocycles. The lowest BCUT2D eigenvalue weighted by atomic mass is 10.6. The maximum Gasteiger partial charge on any atom is 0.253 e. The van der Waals surface area contributed by atoms with Crippen molar-refractivity contribution in [2.24, 2.45) is 5.84 Å². The summed E-state index contributed by atoms with van der Waals surface area (Å²) in [4.78, 5) is 14.7. The average molecular weight is 288 g/mol. The van der Waals surface area contributed by atoms with E-state index in [-0.39, 0.29) is 16.9 Å². The molecule has 0 unspecified atom stereocenters. The van der Waals surface area contributed by atoms with Gasteiger partial charge in [0, 0.05) is 0 Å². The molecule has 0 fully saturated rings. The molecule has 8 heteroatoms. The number of hydrogen-bond donors (Lipinski definition) is 2. The van der Waals surface area contributed by atoms with E-state index in [1.54, 1.807) is 0 Å². The molecule has 0 aromatic carbocycles. The van der Waals surface area contributed by atoms with Gasteiger partial charge in [0.2, 0.25) is 0 Å². The number of hydrogen-bond acceptors (Lipinski definition) is 3. The van der Waals surface area contributed by atoms with E-state index in [2.05, 4.69) is 20.9 Å². The molecule has 0 radical (unpaired) electrons. The van der Waals surface area contributed by atoms with E-state index in [1.165, 1.54) is 4.57 Å². The molecule has 0 bridgehead atoms. The molecule has 0 atom stereocenters. The third-order valence-electron chi connectivity index (χ3n) is 1.28. The van der Waals surface area contributed by atoms with Crippen LogP contribution in [0.3, 0.4) is 0 Å². The molecular formula is C5H5BrCl2N4O. The lowest BCUT2D eigenvalue weighted by molar-refractivity contribution is -0.121. The first-order valence-corrected chi connectivity index (χ1v) is 4.67. The Kier molecular flexibility index (Phi) is 3.55. The zero-order valence-corrected chi connectivity index (χ0v) is 9.32. The molecule has 1 amide bonds. The number of amides is 1. The second-order valence-electron chi connectivity index (χ2n) is 2.12. The van der Waals surface area contributed by atoms with Crippen LogP contribution in [0, 0.1) is 0 Å². The predicted octanol–water partition coefficient (Wildman–Crippen LogP) is 0.942. The van der Waals surface area contributed by atoms with Crippen LogP contribution in [0.5, 0.6) is 0 Å². The largest absolute Gasteiger partial charge is 0.299 e. The van der Waals surface area contributed by atoms with Gasteiger partial charge >= 0.3 is 0 Å². The standard InChI is InChI=1S/C5H5BrCl2N4O/c6-5-10-3(7)4(8)12(5)1-2(13)11-9/h1,9H2,(H,11,13). The lowest BCUT2D eigenvalue weighted by Gasteiger charge is -2.03. The van der Waals surface area contributed by atoms with Crippen LogP contribution in [0.15, 0.2) is 4.73 Å². The van der Waals surface area contributed by atoms with Crippen LogP contribution in [0.2, 0.25) is 10.3 Å². The van der Waals surface area contributed by atoms with Gasteiger partial charge in [0.1, 0.15) is 11.7 Å². The molecule has 1 heterocycles. The Morgan fingerprint density at radius 2 is 2.31 bits per heavy atom. The second kappa shape index (κ2) is 4.28. The lowest BCUT2D eigenvalue weighted by Crippen LogP contribution is -2.33. The highest BCUT2D eigenvalue weighted by molar-refractivity contribution is 9.10. The first-order valence-electron chi connectivity index (χ1n) is 3.12. The maximum atomic E-state index is 10.9. The second-order valence-corrected chi connectivity index (χ2v) is 3.54. The van der Waals surface area contributed by atoms with Gasteiger partial charge in [0.05, 0.1) is 0 Å². The van der Waals surface area contributed by atoms with Gasteiger partial charge in [-0.05, 0) is 15.9 Å². The molecule has 1 aromatic heterocycles. The molecule has 5 nitrogen and oxygen atoms in total. The minimum absolute atomic E-state index is 0.0321. The summed E-state index contributed by atoms with van der Waals surface area (Å²) in [5.41, 5.74) is 1.97. The zero-order valence-electron chi connectivity index (χ0n) is 6.22. The number of nitrogens with two attached hydrogens (primary N) is 1. The molecule has 72 valence electrons. The Labute approximate surface area is 92.3 Å². The topological polar surface area (TPSA) is 72.9 Å². The minimum atomic E-state index is -0.392. The first kappa shape index (κ1) is 10.8. The number of hydrazine groups is 1. The van der Waals surface area contributed by atoms with Crippen LogP contribution in [0.25, 0.3) is 0 Å². The van der Waals surface area contributed by atoms with Gasteiger partial charge in [0.15, 0.2) is 9.89 Å². The number of imidazole rings is 1. The van der Waals surface area contributed by atoms with Crippen molar-refractivity contribution in [3.8, 4) is 0 Å². The normalized spacial score (nSPS) is 10.2. The quantitative estimate of drug-likeness (QED) is 0.483. The van der Waals surface area contributed by atoms with Crippen LogP contribution in [-0.4, -0.2) is 15.5 Å². The first-order chi connectivity index (χ1) is 6.06. The summed E-state index contributed by atoms with van der Waals surface area (Å²) in [6.45, 7) is -0.0321. The van der Waals surface area contributed by atoms with Crippen LogP contribution in [0.4, 0.5) is 0 Å². The molecule has 0 spiro atoms. The molecule has 1 rings (SSSR count).